The summed E-state index contributed by atoms with van der Waals surface area (Å²) in [5.74, 6) is 0.565. The molecule has 2 heteroatoms. The van der Waals surface area contributed by atoms with Gasteiger partial charge in [-0.2, -0.15) is 0 Å². The van der Waals surface area contributed by atoms with Gasteiger partial charge in [0.15, 0.2) is 5.78 Å². The van der Waals surface area contributed by atoms with Crippen LogP contribution in [0.4, 0.5) is 0 Å². The fraction of sp³-hybridized carbons (Fsp3) is 0.500. The van der Waals surface area contributed by atoms with Crippen LogP contribution in [0.25, 0.3) is 0 Å². The highest BCUT2D eigenvalue weighted by molar-refractivity contribution is 5.98. The van der Waals surface area contributed by atoms with Gasteiger partial charge in [0, 0.05) is 11.5 Å². The van der Waals surface area contributed by atoms with Crippen molar-refractivity contribution in [3.63, 3.8) is 0 Å². The van der Waals surface area contributed by atoms with Crippen molar-refractivity contribution in [2.24, 2.45) is 5.92 Å². The summed E-state index contributed by atoms with van der Waals surface area (Å²) in [5.41, 5.74) is 2.05. The molecule has 1 aromatic rings. The number of rotatable bonds is 2. The zero-order valence-corrected chi connectivity index (χ0v) is 10.1. The van der Waals surface area contributed by atoms with E-state index in [0.29, 0.717) is 5.78 Å². The van der Waals surface area contributed by atoms with E-state index >= 15 is 0 Å². The van der Waals surface area contributed by atoms with E-state index in [1.54, 1.807) is 0 Å². The maximum Gasteiger partial charge on any atom is 0.166 e. The number of carbonyl (C=O) groups excluding carboxylic acids is 1. The van der Waals surface area contributed by atoms with E-state index in [2.05, 4.69) is 11.9 Å². The molecule has 0 unspecified atom stereocenters. The lowest BCUT2D eigenvalue weighted by Crippen LogP contribution is -2.33. The second-order valence-corrected chi connectivity index (χ2v) is 4.81. The van der Waals surface area contributed by atoms with Gasteiger partial charge in [-0.3, -0.25) is 4.79 Å². The Hall–Kier alpha value is -1.15. The zero-order valence-electron chi connectivity index (χ0n) is 10.1. The molecule has 1 heterocycles. The molecule has 1 saturated heterocycles. The van der Waals surface area contributed by atoms with Gasteiger partial charge >= 0.3 is 0 Å². The number of nitrogens with zero attached hydrogens (tertiary/aromatic N) is 1. The fourth-order valence-electron chi connectivity index (χ4n) is 2.30. The van der Waals surface area contributed by atoms with Crippen molar-refractivity contribution in [3.8, 4) is 0 Å². The summed E-state index contributed by atoms with van der Waals surface area (Å²) in [4.78, 5) is 14.5. The third-order valence-electron chi connectivity index (χ3n) is 3.39. The van der Waals surface area contributed by atoms with E-state index in [1.807, 2.05) is 31.2 Å². The van der Waals surface area contributed by atoms with Gasteiger partial charge in [0.25, 0.3) is 0 Å². The average Bonchev–Trinajstić information content (AvgIpc) is 2.29. The third kappa shape index (κ3) is 2.50. The van der Waals surface area contributed by atoms with Crippen LogP contribution in [0.5, 0.6) is 0 Å². The smallest absolute Gasteiger partial charge is 0.166 e. The van der Waals surface area contributed by atoms with E-state index in [0.717, 1.165) is 31.5 Å². The molecule has 0 spiro atoms. The van der Waals surface area contributed by atoms with Crippen LogP contribution in [-0.2, 0) is 0 Å². The van der Waals surface area contributed by atoms with Crippen molar-refractivity contribution < 1.29 is 4.79 Å². The highest BCUT2D eigenvalue weighted by atomic mass is 16.1. The Bertz CT molecular complexity index is 378. The molecule has 2 rings (SSSR count). The van der Waals surface area contributed by atoms with Gasteiger partial charge in [0.2, 0.25) is 0 Å². The number of hydrogen-bond donors (Lipinski definition) is 0. The maximum atomic E-state index is 12.2. The first kappa shape index (κ1) is 11.3. The molecule has 0 saturated carbocycles. The topological polar surface area (TPSA) is 20.3 Å². The SMILES string of the molecule is Cc1cccc(C(=O)C2CCN(C)CC2)c1. The highest BCUT2D eigenvalue weighted by Crippen LogP contribution is 2.21. The molecular formula is C14H19NO. The molecule has 0 N–H and O–H groups in total. The molecule has 0 bridgehead atoms. The minimum atomic E-state index is 0.234. The van der Waals surface area contributed by atoms with E-state index in [9.17, 15) is 4.79 Å². The average molecular weight is 217 g/mol. The van der Waals surface area contributed by atoms with Gasteiger partial charge < -0.3 is 4.90 Å². The molecule has 0 amide bonds. The molecule has 1 aromatic carbocycles. The standard InChI is InChI=1S/C14H19NO/c1-11-4-3-5-13(10-11)14(16)12-6-8-15(2)9-7-12/h3-5,10,12H,6-9H2,1-2H3. The number of benzene rings is 1. The summed E-state index contributed by atoms with van der Waals surface area (Å²) in [7, 11) is 2.12. The first-order valence-electron chi connectivity index (χ1n) is 5.96. The van der Waals surface area contributed by atoms with Gasteiger partial charge in [-0.15, -0.1) is 0 Å². The molecule has 0 aliphatic carbocycles. The molecule has 0 radical (unpaired) electrons. The number of hydrogen-bond acceptors (Lipinski definition) is 2. The Morgan fingerprint density at radius 1 is 1.31 bits per heavy atom. The largest absolute Gasteiger partial charge is 0.306 e. The monoisotopic (exact) mass is 217 g/mol. The second-order valence-electron chi connectivity index (χ2n) is 4.81. The van der Waals surface area contributed by atoms with Crippen LogP contribution >= 0.6 is 0 Å². The van der Waals surface area contributed by atoms with Crippen molar-refractivity contribution in [1.29, 1.82) is 0 Å². The number of carbonyl (C=O) groups is 1. The van der Waals surface area contributed by atoms with Crippen LogP contribution in [0, 0.1) is 12.8 Å². The van der Waals surface area contributed by atoms with E-state index in [-0.39, 0.29) is 5.92 Å². The zero-order chi connectivity index (χ0) is 11.5. The summed E-state index contributed by atoms with van der Waals surface area (Å²) in [6, 6.07) is 7.94. The third-order valence-corrected chi connectivity index (χ3v) is 3.39. The van der Waals surface area contributed by atoms with Crippen LogP contribution in [-0.4, -0.2) is 30.8 Å². The quantitative estimate of drug-likeness (QED) is 0.709. The molecule has 0 atom stereocenters. The first-order chi connectivity index (χ1) is 7.66. The molecule has 16 heavy (non-hydrogen) atoms. The van der Waals surface area contributed by atoms with Crippen LogP contribution < -0.4 is 0 Å². The lowest BCUT2D eigenvalue weighted by molar-refractivity contribution is 0.0856. The van der Waals surface area contributed by atoms with Gasteiger partial charge in [-0.1, -0.05) is 23.8 Å². The van der Waals surface area contributed by atoms with Crippen molar-refractivity contribution in [2.75, 3.05) is 20.1 Å². The maximum absolute atomic E-state index is 12.2. The molecule has 1 fully saturated rings. The van der Waals surface area contributed by atoms with Crippen LogP contribution in [0.1, 0.15) is 28.8 Å². The minimum Gasteiger partial charge on any atom is -0.306 e. The Balaban J connectivity index is 2.08. The Morgan fingerprint density at radius 3 is 2.62 bits per heavy atom. The lowest BCUT2D eigenvalue weighted by atomic mass is 9.89. The van der Waals surface area contributed by atoms with Crippen LogP contribution in [0.2, 0.25) is 0 Å². The molecule has 2 nitrogen and oxygen atoms in total. The van der Waals surface area contributed by atoms with Crippen LogP contribution in [0.3, 0.4) is 0 Å². The van der Waals surface area contributed by atoms with E-state index in [1.165, 1.54) is 5.56 Å². The number of piperidine rings is 1. The fourth-order valence-corrected chi connectivity index (χ4v) is 2.30. The van der Waals surface area contributed by atoms with Crippen LogP contribution in [0.15, 0.2) is 24.3 Å². The molecular weight excluding hydrogens is 198 g/mol. The molecule has 86 valence electrons. The van der Waals surface area contributed by atoms with Crippen molar-refractivity contribution in [1.82, 2.24) is 4.90 Å². The number of aryl methyl sites for hydroxylation is 1. The molecule has 1 aliphatic rings. The molecule has 1 aliphatic heterocycles. The molecule has 0 aromatic heterocycles. The minimum absolute atomic E-state index is 0.234. The van der Waals surface area contributed by atoms with E-state index < -0.39 is 0 Å². The Kier molecular flexibility index (Phi) is 3.39. The predicted octanol–water partition coefficient (Wildman–Crippen LogP) is 2.52. The number of likely N-dealkylation sites (tertiary alicyclic amines) is 1. The summed E-state index contributed by atoms with van der Waals surface area (Å²) in [6.07, 6.45) is 2.01. The van der Waals surface area contributed by atoms with Crippen molar-refractivity contribution in [3.05, 3.63) is 35.4 Å². The van der Waals surface area contributed by atoms with Gasteiger partial charge in [-0.05, 0) is 46.0 Å². The Labute approximate surface area is 97.3 Å². The normalized spacial score (nSPS) is 18.6. The highest BCUT2D eigenvalue weighted by Gasteiger charge is 2.24. The summed E-state index contributed by atoms with van der Waals surface area (Å²) < 4.78 is 0. The number of Topliss-reactive ketones (excluding diaryl/α,β-unsaturated/α-hetero) is 1. The summed E-state index contributed by atoms with van der Waals surface area (Å²) in [6.45, 7) is 4.12. The van der Waals surface area contributed by atoms with Gasteiger partial charge in [-0.25, -0.2) is 0 Å². The second kappa shape index (κ2) is 4.79. The predicted molar refractivity (Wildman–Crippen MR) is 65.7 cm³/mol. The number of ketones is 1. The Morgan fingerprint density at radius 2 is 2.00 bits per heavy atom. The van der Waals surface area contributed by atoms with Crippen molar-refractivity contribution >= 4 is 5.78 Å². The summed E-state index contributed by atoms with van der Waals surface area (Å²) >= 11 is 0. The van der Waals surface area contributed by atoms with E-state index in [4.69, 9.17) is 0 Å². The van der Waals surface area contributed by atoms with Gasteiger partial charge in [0.05, 0.1) is 0 Å². The first-order valence-corrected chi connectivity index (χ1v) is 5.96. The lowest BCUT2D eigenvalue weighted by Gasteiger charge is -2.28. The van der Waals surface area contributed by atoms with Gasteiger partial charge in [0.1, 0.15) is 0 Å². The van der Waals surface area contributed by atoms with Crippen molar-refractivity contribution in [2.45, 2.75) is 19.8 Å². The summed E-state index contributed by atoms with van der Waals surface area (Å²) in [5, 5.41) is 0.